The fourth-order valence-electron chi connectivity index (χ4n) is 2.51. The molecule has 0 fully saturated rings. The number of hydrogen-bond donors (Lipinski definition) is 1. The molecule has 3 rings (SSSR count). The van der Waals surface area contributed by atoms with Crippen molar-refractivity contribution >= 4 is 23.5 Å². The number of halogens is 1. The summed E-state index contributed by atoms with van der Waals surface area (Å²) in [5.41, 5.74) is 4.54. The molecule has 0 spiro atoms. The molecule has 0 bridgehead atoms. The Morgan fingerprint density at radius 1 is 1.31 bits per heavy atom. The van der Waals surface area contributed by atoms with Gasteiger partial charge in [0.15, 0.2) is 0 Å². The third kappa shape index (κ3) is 1.42. The summed E-state index contributed by atoms with van der Waals surface area (Å²) in [5.74, 6) is 0.459. The molecule has 3 heteroatoms. The first kappa shape index (κ1) is 10.1. The highest BCUT2D eigenvalue weighted by Gasteiger charge is 2.18. The smallest absolute Gasteiger partial charge is 0.123 e. The van der Waals surface area contributed by atoms with Crippen molar-refractivity contribution in [2.45, 2.75) is 25.0 Å². The minimum atomic E-state index is -0.199. The molecule has 0 radical (unpaired) electrons. The molecule has 0 atom stereocenters. The third-order valence-corrected chi connectivity index (χ3v) is 3.57. The maximum Gasteiger partial charge on any atom is 0.123 e. The molecule has 0 aliphatic heterocycles. The zero-order valence-electron chi connectivity index (χ0n) is 8.83. The van der Waals surface area contributed by atoms with Crippen molar-refractivity contribution in [2.24, 2.45) is 0 Å². The molecule has 0 N–H and O–H groups in total. The molecule has 1 nitrogen and oxygen atoms in total. The third-order valence-electron chi connectivity index (χ3n) is 3.25. The van der Waals surface area contributed by atoms with Gasteiger partial charge in [-0.1, -0.05) is 0 Å². The highest BCUT2D eigenvalue weighted by Crippen LogP contribution is 2.31. The quantitative estimate of drug-likeness (QED) is 0.746. The van der Waals surface area contributed by atoms with Crippen LogP contribution in [0.5, 0.6) is 0 Å². The lowest BCUT2D eigenvalue weighted by molar-refractivity contribution is 0.629. The second-order valence-corrected chi connectivity index (χ2v) is 4.50. The van der Waals surface area contributed by atoms with E-state index in [1.165, 1.54) is 22.9 Å². The molecule has 1 heterocycles. The zero-order chi connectivity index (χ0) is 11.1. The van der Waals surface area contributed by atoms with Crippen molar-refractivity contribution < 1.29 is 4.39 Å². The summed E-state index contributed by atoms with van der Waals surface area (Å²) in [5, 5.41) is 0.927. The molecule has 82 valence electrons. The van der Waals surface area contributed by atoms with E-state index in [0.717, 1.165) is 30.2 Å². The van der Waals surface area contributed by atoms with Crippen molar-refractivity contribution in [2.75, 3.05) is 0 Å². The molecular weight excluding hydrogens is 221 g/mol. The van der Waals surface area contributed by atoms with Crippen LogP contribution in [0.25, 0.3) is 10.9 Å². The monoisotopic (exact) mass is 233 g/mol. The van der Waals surface area contributed by atoms with Crippen molar-refractivity contribution in [1.29, 1.82) is 0 Å². The second kappa shape index (κ2) is 3.74. The predicted octanol–water partition coefficient (Wildman–Crippen LogP) is 3.29. The van der Waals surface area contributed by atoms with E-state index in [2.05, 4.69) is 17.6 Å². The van der Waals surface area contributed by atoms with Crippen LogP contribution in [0.3, 0.4) is 0 Å². The Bertz CT molecular complexity index is 565. The fraction of sp³-hybridized carbons (Fsp3) is 0.308. The van der Waals surface area contributed by atoms with Crippen LogP contribution in [0.4, 0.5) is 4.39 Å². The average Bonchev–Trinajstić information content (AvgIpc) is 2.73. The molecule has 0 saturated carbocycles. The first-order chi connectivity index (χ1) is 7.79. The Morgan fingerprint density at radius 2 is 2.19 bits per heavy atom. The molecule has 1 aliphatic rings. The van der Waals surface area contributed by atoms with Crippen molar-refractivity contribution in [3.63, 3.8) is 0 Å². The maximum atomic E-state index is 13.3. The Balaban J connectivity index is 2.40. The minimum absolute atomic E-state index is 0.199. The van der Waals surface area contributed by atoms with Crippen LogP contribution in [-0.4, -0.2) is 4.98 Å². The number of nitrogens with zero attached hydrogens (tertiary/aromatic N) is 1. The summed E-state index contributed by atoms with van der Waals surface area (Å²) in [4.78, 5) is 4.60. The molecule has 1 aromatic heterocycles. The number of benzene rings is 1. The first-order valence-electron chi connectivity index (χ1n) is 5.50. The molecule has 0 amide bonds. The molecule has 1 aliphatic carbocycles. The SMILES string of the molecule is Fc1ccc2nc3c(c(CS)c2c1)CCC3. The molecule has 2 aromatic rings. The van der Waals surface area contributed by atoms with Gasteiger partial charge in [-0.2, -0.15) is 12.6 Å². The van der Waals surface area contributed by atoms with Crippen LogP contribution in [0.15, 0.2) is 18.2 Å². The minimum Gasteiger partial charge on any atom is -0.253 e. The number of hydrogen-bond acceptors (Lipinski definition) is 2. The Morgan fingerprint density at radius 3 is 3.00 bits per heavy atom. The summed E-state index contributed by atoms with van der Waals surface area (Å²) in [6.45, 7) is 0. The fourth-order valence-corrected chi connectivity index (χ4v) is 2.87. The maximum absolute atomic E-state index is 13.3. The van der Waals surface area contributed by atoms with Crippen LogP contribution in [0.2, 0.25) is 0 Å². The molecular formula is C13H12FNS. The van der Waals surface area contributed by atoms with E-state index in [4.69, 9.17) is 0 Å². The summed E-state index contributed by atoms with van der Waals surface area (Å²) in [7, 11) is 0. The van der Waals surface area contributed by atoms with E-state index in [1.807, 2.05) is 0 Å². The zero-order valence-corrected chi connectivity index (χ0v) is 9.73. The highest BCUT2D eigenvalue weighted by molar-refractivity contribution is 7.79. The number of rotatable bonds is 1. The highest BCUT2D eigenvalue weighted by atomic mass is 32.1. The number of thiol groups is 1. The Hall–Kier alpha value is -1.09. The summed E-state index contributed by atoms with van der Waals surface area (Å²) in [6, 6.07) is 4.81. The molecule has 0 unspecified atom stereocenters. The van der Waals surface area contributed by atoms with Gasteiger partial charge in [0.25, 0.3) is 0 Å². The summed E-state index contributed by atoms with van der Waals surface area (Å²) < 4.78 is 13.3. The van der Waals surface area contributed by atoms with Gasteiger partial charge in [-0.3, -0.25) is 4.98 Å². The van der Waals surface area contributed by atoms with E-state index >= 15 is 0 Å². The van der Waals surface area contributed by atoms with Gasteiger partial charge in [-0.05, 0) is 48.6 Å². The molecule has 1 aromatic carbocycles. The number of aryl methyl sites for hydroxylation is 1. The van der Waals surface area contributed by atoms with E-state index < -0.39 is 0 Å². The Kier molecular flexibility index (Phi) is 2.36. The standard InChI is InChI=1S/C13H12FNS/c14-8-4-5-13-10(6-8)11(7-16)9-2-1-3-12(9)15-13/h4-6,16H,1-3,7H2. The van der Waals surface area contributed by atoms with Gasteiger partial charge < -0.3 is 0 Å². The number of aromatic nitrogens is 1. The second-order valence-electron chi connectivity index (χ2n) is 4.19. The van der Waals surface area contributed by atoms with E-state index in [1.54, 1.807) is 12.1 Å². The first-order valence-corrected chi connectivity index (χ1v) is 6.13. The lowest BCUT2D eigenvalue weighted by Crippen LogP contribution is -1.97. The van der Waals surface area contributed by atoms with E-state index in [9.17, 15) is 4.39 Å². The van der Waals surface area contributed by atoms with Crippen molar-refractivity contribution in [3.05, 3.63) is 40.8 Å². The van der Waals surface area contributed by atoms with Gasteiger partial charge >= 0.3 is 0 Å². The summed E-state index contributed by atoms with van der Waals surface area (Å²) in [6.07, 6.45) is 3.26. The normalized spacial score (nSPS) is 14.4. The lowest BCUT2D eigenvalue weighted by Gasteiger charge is -2.10. The average molecular weight is 233 g/mol. The van der Waals surface area contributed by atoms with Gasteiger partial charge in [0.2, 0.25) is 0 Å². The lowest BCUT2D eigenvalue weighted by atomic mass is 10.0. The van der Waals surface area contributed by atoms with Gasteiger partial charge in [0.1, 0.15) is 5.82 Å². The van der Waals surface area contributed by atoms with Gasteiger partial charge in [0, 0.05) is 16.8 Å². The van der Waals surface area contributed by atoms with Crippen molar-refractivity contribution in [1.82, 2.24) is 4.98 Å². The van der Waals surface area contributed by atoms with Crippen LogP contribution in [0, 0.1) is 5.82 Å². The number of fused-ring (bicyclic) bond motifs is 2. The summed E-state index contributed by atoms with van der Waals surface area (Å²) >= 11 is 4.37. The molecule has 0 saturated heterocycles. The van der Waals surface area contributed by atoms with Gasteiger partial charge in [0.05, 0.1) is 5.52 Å². The van der Waals surface area contributed by atoms with Gasteiger partial charge in [-0.15, -0.1) is 0 Å². The largest absolute Gasteiger partial charge is 0.253 e. The topological polar surface area (TPSA) is 12.9 Å². The van der Waals surface area contributed by atoms with Crippen LogP contribution in [0.1, 0.15) is 23.2 Å². The van der Waals surface area contributed by atoms with E-state index in [0.29, 0.717) is 5.75 Å². The van der Waals surface area contributed by atoms with Crippen LogP contribution >= 0.6 is 12.6 Å². The molecule has 16 heavy (non-hydrogen) atoms. The Labute approximate surface area is 99.1 Å². The van der Waals surface area contributed by atoms with Crippen molar-refractivity contribution in [3.8, 4) is 0 Å². The predicted molar refractivity (Wildman–Crippen MR) is 66.4 cm³/mol. The van der Waals surface area contributed by atoms with Crippen LogP contribution < -0.4 is 0 Å². The number of pyridine rings is 1. The van der Waals surface area contributed by atoms with E-state index in [-0.39, 0.29) is 5.82 Å². The van der Waals surface area contributed by atoms with Crippen LogP contribution in [-0.2, 0) is 18.6 Å². The van der Waals surface area contributed by atoms with Gasteiger partial charge in [-0.25, -0.2) is 4.39 Å².